The van der Waals surface area contributed by atoms with Gasteiger partial charge in [-0.25, -0.2) is 0 Å². The largest absolute Gasteiger partial charge is 0.507 e. The number of aldehydes is 1. The van der Waals surface area contributed by atoms with Crippen molar-refractivity contribution in [3.63, 3.8) is 0 Å². The van der Waals surface area contributed by atoms with Gasteiger partial charge in [0.2, 0.25) is 0 Å². The lowest BCUT2D eigenvalue weighted by Crippen LogP contribution is -1.94. The lowest BCUT2D eigenvalue weighted by Gasteiger charge is -2.10. The van der Waals surface area contributed by atoms with Crippen molar-refractivity contribution < 1.29 is 15.0 Å². The first kappa shape index (κ1) is 18.0. The van der Waals surface area contributed by atoms with Crippen molar-refractivity contribution in [1.82, 2.24) is 0 Å². The standard InChI is InChI=1S/C19H26O3/c1-4-5-6-7-8-9-16-17(13-20)19(22)15(12-18(16)21)11-10-14(2)3/h8-10,12-13,21-22H,4-7,11H2,1-3H3/b9-8+. The molecule has 0 saturated carbocycles. The Morgan fingerprint density at radius 2 is 1.91 bits per heavy atom. The molecule has 0 heterocycles. The first-order valence-electron chi connectivity index (χ1n) is 7.84. The zero-order chi connectivity index (χ0) is 16.5. The van der Waals surface area contributed by atoms with Gasteiger partial charge in [-0.2, -0.15) is 0 Å². The number of benzene rings is 1. The van der Waals surface area contributed by atoms with Gasteiger partial charge in [0.1, 0.15) is 11.5 Å². The molecule has 0 radical (unpaired) electrons. The van der Waals surface area contributed by atoms with Gasteiger partial charge >= 0.3 is 0 Å². The third-order valence-corrected chi connectivity index (χ3v) is 3.54. The van der Waals surface area contributed by atoms with Gasteiger partial charge in [0.05, 0.1) is 5.56 Å². The van der Waals surface area contributed by atoms with E-state index >= 15 is 0 Å². The molecule has 120 valence electrons. The Morgan fingerprint density at radius 3 is 2.50 bits per heavy atom. The van der Waals surface area contributed by atoms with Crippen LogP contribution in [0.15, 0.2) is 23.8 Å². The third-order valence-electron chi connectivity index (χ3n) is 3.54. The molecule has 3 heteroatoms. The molecule has 0 aliphatic rings. The number of hydrogen-bond acceptors (Lipinski definition) is 3. The van der Waals surface area contributed by atoms with Crippen molar-refractivity contribution >= 4 is 12.4 Å². The molecule has 0 bridgehead atoms. The van der Waals surface area contributed by atoms with E-state index in [4.69, 9.17) is 0 Å². The lowest BCUT2D eigenvalue weighted by molar-refractivity contribution is 0.112. The maximum atomic E-state index is 11.3. The molecule has 0 amide bonds. The number of allylic oxidation sites excluding steroid dienone is 3. The minimum absolute atomic E-state index is 0.0313. The van der Waals surface area contributed by atoms with E-state index in [1.165, 1.54) is 6.07 Å². The summed E-state index contributed by atoms with van der Waals surface area (Å²) in [5.74, 6) is -0.0118. The molecule has 1 aromatic carbocycles. The summed E-state index contributed by atoms with van der Waals surface area (Å²) in [5, 5.41) is 20.4. The van der Waals surface area contributed by atoms with Crippen molar-refractivity contribution in [3.05, 3.63) is 40.5 Å². The van der Waals surface area contributed by atoms with Crippen LogP contribution in [-0.2, 0) is 6.42 Å². The first-order valence-corrected chi connectivity index (χ1v) is 7.84. The summed E-state index contributed by atoms with van der Waals surface area (Å²) in [4.78, 5) is 11.3. The highest BCUT2D eigenvalue weighted by atomic mass is 16.3. The zero-order valence-corrected chi connectivity index (χ0v) is 13.7. The highest BCUT2D eigenvalue weighted by molar-refractivity contribution is 5.88. The topological polar surface area (TPSA) is 57.5 Å². The molecule has 0 unspecified atom stereocenters. The van der Waals surface area contributed by atoms with Gasteiger partial charge in [-0.05, 0) is 39.2 Å². The van der Waals surface area contributed by atoms with E-state index in [-0.39, 0.29) is 17.1 Å². The van der Waals surface area contributed by atoms with Gasteiger partial charge in [-0.1, -0.05) is 43.6 Å². The first-order chi connectivity index (χ1) is 10.5. The maximum Gasteiger partial charge on any atom is 0.154 e. The predicted molar refractivity (Wildman–Crippen MR) is 91.5 cm³/mol. The second-order valence-corrected chi connectivity index (χ2v) is 5.73. The van der Waals surface area contributed by atoms with Gasteiger partial charge < -0.3 is 10.2 Å². The molecule has 2 N–H and O–H groups in total. The molecule has 3 nitrogen and oxygen atoms in total. The monoisotopic (exact) mass is 302 g/mol. The molecular weight excluding hydrogens is 276 g/mol. The highest BCUT2D eigenvalue weighted by Crippen LogP contribution is 2.33. The lowest BCUT2D eigenvalue weighted by atomic mass is 9.98. The Bertz CT molecular complexity index is 565. The van der Waals surface area contributed by atoms with Crippen molar-refractivity contribution in [2.45, 2.75) is 52.9 Å². The molecule has 0 aromatic heterocycles. The van der Waals surface area contributed by atoms with Crippen LogP contribution in [-0.4, -0.2) is 16.5 Å². The summed E-state index contributed by atoms with van der Waals surface area (Å²) in [6.45, 7) is 6.07. The van der Waals surface area contributed by atoms with Gasteiger partial charge in [0.15, 0.2) is 6.29 Å². The Morgan fingerprint density at radius 1 is 1.18 bits per heavy atom. The zero-order valence-electron chi connectivity index (χ0n) is 13.7. The van der Waals surface area contributed by atoms with E-state index in [0.717, 1.165) is 31.3 Å². The van der Waals surface area contributed by atoms with Crippen LogP contribution in [0.5, 0.6) is 11.5 Å². The summed E-state index contributed by atoms with van der Waals surface area (Å²) < 4.78 is 0. The molecule has 0 atom stereocenters. The fraction of sp³-hybridized carbons (Fsp3) is 0.421. The second-order valence-electron chi connectivity index (χ2n) is 5.73. The smallest absolute Gasteiger partial charge is 0.154 e. The molecule has 0 aliphatic heterocycles. The van der Waals surface area contributed by atoms with E-state index in [0.29, 0.717) is 23.8 Å². The van der Waals surface area contributed by atoms with E-state index in [9.17, 15) is 15.0 Å². The quantitative estimate of drug-likeness (QED) is 0.307. The van der Waals surface area contributed by atoms with Gasteiger partial charge in [-0.15, -0.1) is 0 Å². The summed E-state index contributed by atoms with van der Waals surface area (Å²) in [6, 6.07) is 1.54. The van der Waals surface area contributed by atoms with E-state index in [1.54, 1.807) is 6.08 Å². The Kier molecular flexibility index (Phi) is 7.44. The third kappa shape index (κ3) is 5.06. The summed E-state index contributed by atoms with van der Waals surface area (Å²) in [5.41, 5.74) is 2.23. The van der Waals surface area contributed by atoms with Crippen LogP contribution in [0, 0.1) is 0 Å². The minimum Gasteiger partial charge on any atom is -0.507 e. The minimum atomic E-state index is -0.0430. The van der Waals surface area contributed by atoms with E-state index in [1.807, 2.05) is 26.0 Å². The van der Waals surface area contributed by atoms with Crippen LogP contribution in [0.1, 0.15) is 67.9 Å². The van der Waals surface area contributed by atoms with Crippen LogP contribution >= 0.6 is 0 Å². The number of unbranched alkanes of at least 4 members (excludes halogenated alkanes) is 3. The Labute approximate surface area is 133 Å². The predicted octanol–water partition coefficient (Wildman–Crippen LogP) is 5.01. The maximum absolute atomic E-state index is 11.3. The van der Waals surface area contributed by atoms with Crippen LogP contribution in [0.3, 0.4) is 0 Å². The number of phenolic OH excluding ortho intramolecular Hbond substituents is 2. The number of rotatable bonds is 8. The summed E-state index contributed by atoms with van der Waals surface area (Å²) in [6.07, 6.45) is 11.0. The Hall–Kier alpha value is -2.03. The number of carbonyl (C=O) groups excluding carboxylic acids is 1. The van der Waals surface area contributed by atoms with E-state index in [2.05, 4.69) is 6.92 Å². The number of phenols is 2. The van der Waals surface area contributed by atoms with Crippen molar-refractivity contribution in [2.75, 3.05) is 0 Å². The van der Waals surface area contributed by atoms with Gasteiger partial charge in [0.25, 0.3) is 0 Å². The summed E-state index contributed by atoms with van der Waals surface area (Å²) >= 11 is 0. The summed E-state index contributed by atoms with van der Waals surface area (Å²) in [7, 11) is 0. The van der Waals surface area contributed by atoms with Crippen LogP contribution in [0.2, 0.25) is 0 Å². The molecule has 0 aliphatic carbocycles. The molecule has 1 aromatic rings. The van der Waals surface area contributed by atoms with Crippen LogP contribution < -0.4 is 0 Å². The van der Waals surface area contributed by atoms with E-state index < -0.39 is 0 Å². The second kappa shape index (κ2) is 9.08. The number of hydrogen-bond donors (Lipinski definition) is 2. The number of carbonyl (C=O) groups is 1. The van der Waals surface area contributed by atoms with Crippen LogP contribution in [0.25, 0.3) is 6.08 Å². The average Bonchev–Trinajstić information content (AvgIpc) is 2.48. The molecule has 22 heavy (non-hydrogen) atoms. The average molecular weight is 302 g/mol. The number of aromatic hydroxyl groups is 2. The normalized spacial score (nSPS) is 10.9. The molecule has 1 rings (SSSR count). The van der Waals surface area contributed by atoms with Crippen LogP contribution in [0.4, 0.5) is 0 Å². The molecule has 0 spiro atoms. The van der Waals surface area contributed by atoms with Gasteiger partial charge in [0, 0.05) is 11.1 Å². The SMILES string of the molecule is CCCCC/C=C/c1c(O)cc(CC=C(C)C)c(O)c1C=O. The fourth-order valence-electron chi connectivity index (χ4n) is 2.23. The molecular formula is C19H26O3. The Balaban J connectivity index is 3.06. The molecule has 0 fully saturated rings. The van der Waals surface area contributed by atoms with Crippen molar-refractivity contribution in [1.29, 1.82) is 0 Å². The molecule has 0 saturated heterocycles. The fourth-order valence-corrected chi connectivity index (χ4v) is 2.23. The van der Waals surface area contributed by atoms with Gasteiger partial charge in [-0.3, -0.25) is 4.79 Å². The van der Waals surface area contributed by atoms with Crippen molar-refractivity contribution in [3.8, 4) is 11.5 Å². The highest BCUT2D eigenvalue weighted by Gasteiger charge is 2.14. The van der Waals surface area contributed by atoms with Crippen molar-refractivity contribution in [2.24, 2.45) is 0 Å².